The fraction of sp³-hybridized carbons (Fsp3) is 0.105. The van der Waals surface area contributed by atoms with Gasteiger partial charge in [0.15, 0.2) is 11.6 Å². The van der Waals surface area contributed by atoms with E-state index in [1.54, 1.807) is 13.0 Å². The first kappa shape index (κ1) is 18.9. The predicted octanol–water partition coefficient (Wildman–Crippen LogP) is 4.78. The molecule has 3 rings (SSSR count). The average molecular weight is 404 g/mol. The SMILES string of the molecule is Cc1cc(Cc2ccc(Cl)c(Oc3cc(C#N)ccc3Cl)c2F)n[nH]c1=O. The first-order valence-corrected chi connectivity index (χ1v) is 8.54. The number of aryl methyl sites for hydroxylation is 1. The Morgan fingerprint density at radius 2 is 1.96 bits per heavy atom. The molecule has 136 valence electrons. The fourth-order valence-corrected chi connectivity index (χ4v) is 2.75. The lowest BCUT2D eigenvalue weighted by atomic mass is 10.1. The number of nitriles is 1. The number of hydrogen-bond acceptors (Lipinski definition) is 4. The molecule has 0 saturated heterocycles. The highest BCUT2D eigenvalue weighted by Gasteiger charge is 2.17. The molecule has 0 atom stereocenters. The van der Waals surface area contributed by atoms with Gasteiger partial charge in [-0.15, -0.1) is 0 Å². The van der Waals surface area contributed by atoms with E-state index in [1.807, 2.05) is 6.07 Å². The minimum Gasteiger partial charge on any atom is -0.451 e. The maximum atomic E-state index is 15.0. The van der Waals surface area contributed by atoms with Crippen molar-refractivity contribution < 1.29 is 9.13 Å². The number of rotatable bonds is 4. The third-order valence-corrected chi connectivity index (χ3v) is 4.43. The van der Waals surface area contributed by atoms with Crippen LogP contribution in [0.3, 0.4) is 0 Å². The van der Waals surface area contributed by atoms with E-state index >= 15 is 0 Å². The Labute approximate surface area is 163 Å². The minimum absolute atomic E-state index is 0.0558. The van der Waals surface area contributed by atoms with Crippen molar-refractivity contribution in [2.75, 3.05) is 0 Å². The molecule has 27 heavy (non-hydrogen) atoms. The molecule has 0 saturated carbocycles. The molecule has 1 N–H and O–H groups in total. The van der Waals surface area contributed by atoms with Crippen molar-refractivity contribution >= 4 is 23.2 Å². The summed E-state index contributed by atoms with van der Waals surface area (Å²) < 4.78 is 20.5. The van der Waals surface area contributed by atoms with Gasteiger partial charge in [-0.1, -0.05) is 29.3 Å². The van der Waals surface area contributed by atoms with Gasteiger partial charge in [0.05, 0.1) is 27.4 Å². The zero-order valence-corrected chi connectivity index (χ0v) is 15.5. The zero-order chi connectivity index (χ0) is 19.6. The highest BCUT2D eigenvalue weighted by Crippen LogP contribution is 2.37. The third kappa shape index (κ3) is 4.11. The lowest BCUT2D eigenvalue weighted by molar-refractivity contribution is 0.439. The summed E-state index contributed by atoms with van der Waals surface area (Å²) >= 11 is 12.2. The summed E-state index contributed by atoms with van der Waals surface area (Å²) in [6.45, 7) is 1.64. The summed E-state index contributed by atoms with van der Waals surface area (Å²) in [6, 6.07) is 11.0. The van der Waals surface area contributed by atoms with E-state index in [2.05, 4.69) is 10.2 Å². The average Bonchev–Trinajstić information content (AvgIpc) is 2.65. The van der Waals surface area contributed by atoms with Gasteiger partial charge < -0.3 is 4.74 Å². The summed E-state index contributed by atoms with van der Waals surface area (Å²) in [5, 5.41) is 15.5. The van der Waals surface area contributed by atoms with Crippen LogP contribution < -0.4 is 10.3 Å². The number of halogens is 3. The van der Waals surface area contributed by atoms with Crippen LogP contribution in [-0.4, -0.2) is 10.2 Å². The lowest BCUT2D eigenvalue weighted by Gasteiger charge is -2.13. The topological polar surface area (TPSA) is 78.8 Å². The summed E-state index contributed by atoms with van der Waals surface area (Å²) in [5.41, 5.74) is 1.26. The van der Waals surface area contributed by atoms with Crippen molar-refractivity contribution in [1.82, 2.24) is 10.2 Å². The maximum absolute atomic E-state index is 15.0. The second-order valence-electron chi connectivity index (χ2n) is 5.76. The lowest BCUT2D eigenvalue weighted by Crippen LogP contribution is -2.13. The van der Waals surface area contributed by atoms with Crippen LogP contribution in [0.4, 0.5) is 4.39 Å². The number of ether oxygens (including phenoxy) is 1. The maximum Gasteiger partial charge on any atom is 0.267 e. The third-order valence-electron chi connectivity index (χ3n) is 3.82. The van der Waals surface area contributed by atoms with Crippen LogP contribution in [0.1, 0.15) is 22.4 Å². The second kappa shape index (κ2) is 7.78. The number of benzene rings is 2. The van der Waals surface area contributed by atoms with Gasteiger partial charge in [-0.2, -0.15) is 10.4 Å². The van der Waals surface area contributed by atoms with Gasteiger partial charge in [0.1, 0.15) is 5.75 Å². The molecule has 0 radical (unpaired) electrons. The van der Waals surface area contributed by atoms with E-state index in [1.165, 1.54) is 30.3 Å². The van der Waals surface area contributed by atoms with Crippen molar-refractivity contribution in [3.63, 3.8) is 0 Å². The van der Waals surface area contributed by atoms with Gasteiger partial charge in [0, 0.05) is 18.1 Å². The van der Waals surface area contributed by atoms with Crippen LogP contribution >= 0.6 is 23.2 Å². The predicted molar refractivity (Wildman–Crippen MR) is 100 cm³/mol. The van der Waals surface area contributed by atoms with Crippen LogP contribution in [0.5, 0.6) is 11.5 Å². The van der Waals surface area contributed by atoms with E-state index < -0.39 is 5.82 Å². The van der Waals surface area contributed by atoms with E-state index in [9.17, 15) is 9.18 Å². The molecule has 0 aliphatic rings. The molecular weight excluding hydrogens is 392 g/mol. The van der Waals surface area contributed by atoms with Crippen molar-refractivity contribution in [3.8, 4) is 17.6 Å². The number of hydrogen-bond donors (Lipinski definition) is 1. The molecule has 0 aliphatic heterocycles. The van der Waals surface area contributed by atoms with Crippen molar-refractivity contribution in [3.05, 3.63) is 85.0 Å². The van der Waals surface area contributed by atoms with E-state index in [0.717, 1.165) is 0 Å². The van der Waals surface area contributed by atoms with Crippen LogP contribution in [0.2, 0.25) is 10.0 Å². The molecule has 0 unspecified atom stereocenters. The largest absolute Gasteiger partial charge is 0.451 e. The molecule has 3 aromatic rings. The molecule has 2 aromatic carbocycles. The summed E-state index contributed by atoms with van der Waals surface area (Å²) in [4.78, 5) is 11.4. The van der Waals surface area contributed by atoms with Crippen LogP contribution in [0.25, 0.3) is 0 Å². The van der Waals surface area contributed by atoms with Crippen molar-refractivity contribution in [1.29, 1.82) is 5.26 Å². The smallest absolute Gasteiger partial charge is 0.267 e. The Bertz CT molecular complexity index is 1120. The van der Waals surface area contributed by atoms with Crippen LogP contribution in [0.15, 0.2) is 41.2 Å². The van der Waals surface area contributed by atoms with Gasteiger partial charge >= 0.3 is 0 Å². The van der Waals surface area contributed by atoms with E-state index in [0.29, 0.717) is 16.8 Å². The van der Waals surface area contributed by atoms with E-state index in [4.69, 9.17) is 33.2 Å². The van der Waals surface area contributed by atoms with Crippen LogP contribution in [-0.2, 0) is 6.42 Å². The quantitative estimate of drug-likeness (QED) is 0.679. The standard InChI is InChI=1S/C19H12Cl2FN3O2/c1-10-6-13(24-25-19(10)26)8-12-3-5-15(21)18(17(12)22)27-16-7-11(9-23)2-4-14(16)20/h2-7H,8H2,1H3,(H,25,26). The fourth-order valence-electron chi connectivity index (χ4n) is 2.41. The number of H-pyrrole nitrogens is 1. The van der Waals surface area contributed by atoms with E-state index in [-0.39, 0.29) is 39.1 Å². The number of aromatic nitrogens is 2. The minimum atomic E-state index is -0.674. The van der Waals surface area contributed by atoms with Gasteiger partial charge in [0.25, 0.3) is 5.56 Å². The molecule has 0 amide bonds. The van der Waals surface area contributed by atoms with Gasteiger partial charge in [0.2, 0.25) is 0 Å². The summed E-state index contributed by atoms with van der Waals surface area (Å²) in [7, 11) is 0. The Morgan fingerprint density at radius 3 is 2.67 bits per heavy atom. The molecule has 1 heterocycles. The van der Waals surface area contributed by atoms with Crippen molar-refractivity contribution in [2.45, 2.75) is 13.3 Å². The molecule has 0 aliphatic carbocycles. The normalized spacial score (nSPS) is 10.5. The molecule has 0 bridgehead atoms. The number of aromatic amines is 1. The second-order valence-corrected chi connectivity index (χ2v) is 6.57. The van der Waals surface area contributed by atoms with Gasteiger partial charge in [-0.05, 0) is 36.8 Å². The molecule has 5 nitrogen and oxygen atoms in total. The molecule has 8 heteroatoms. The summed E-state index contributed by atoms with van der Waals surface area (Å²) in [6.07, 6.45) is 0.128. The number of nitrogens with one attached hydrogen (secondary N) is 1. The Morgan fingerprint density at radius 1 is 1.22 bits per heavy atom. The van der Waals surface area contributed by atoms with Crippen LogP contribution in [0, 0.1) is 24.1 Å². The van der Waals surface area contributed by atoms with Gasteiger partial charge in [-0.25, -0.2) is 9.49 Å². The molecule has 0 spiro atoms. The Kier molecular flexibility index (Phi) is 5.45. The zero-order valence-electron chi connectivity index (χ0n) is 14.0. The highest BCUT2D eigenvalue weighted by atomic mass is 35.5. The monoisotopic (exact) mass is 403 g/mol. The van der Waals surface area contributed by atoms with Crippen molar-refractivity contribution in [2.24, 2.45) is 0 Å². The Balaban J connectivity index is 1.97. The molecule has 0 fully saturated rings. The molecular formula is C19H12Cl2FN3O2. The summed E-state index contributed by atoms with van der Waals surface area (Å²) in [5.74, 6) is -0.759. The van der Waals surface area contributed by atoms with Gasteiger partial charge in [-0.3, -0.25) is 4.79 Å². The highest BCUT2D eigenvalue weighted by molar-refractivity contribution is 6.33. The first-order valence-electron chi connectivity index (χ1n) is 7.78. The Hall–Kier alpha value is -2.88. The molecule has 1 aromatic heterocycles. The first-order chi connectivity index (χ1) is 12.9. The number of nitrogens with zero attached hydrogens (tertiary/aromatic N) is 2.